The van der Waals surface area contributed by atoms with Crippen molar-refractivity contribution in [2.75, 3.05) is 7.05 Å². The summed E-state index contributed by atoms with van der Waals surface area (Å²) >= 11 is 0. The SMILES string of the molecule is CN1[C@H]2CCC[C@@H]1[C@@H]([C@@H](O)c1ccc([N+](=O)[O-])cc1)C(=O)C2. The topological polar surface area (TPSA) is 83.7 Å². The minimum absolute atomic E-state index is 0.0132. The monoisotopic (exact) mass is 304 g/mol. The zero-order valence-electron chi connectivity index (χ0n) is 12.5. The van der Waals surface area contributed by atoms with Crippen molar-refractivity contribution < 1.29 is 14.8 Å². The molecule has 0 amide bonds. The van der Waals surface area contributed by atoms with Gasteiger partial charge in [-0.2, -0.15) is 0 Å². The summed E-state index contributed by atoms with van der Waals surface area (Å²) in [4.78, 5) is 24.9. The Morgan fingerprint density at radius 3 is 2.64 bits per heavy atom. The second-order valence-corrected chi connectivity index (χ2v) is 6.31. The molecule has 0 saturated carbocycles. The van der Waals surface area contributed by atoms with Crippen molar-refractivity contribution in [3.8, 4) is 0 Å². The number of hydrogen-bond donors (Lipinski definition) is 1. The maximum atomic E-state index is 12.4. The Morgan fingerprint density at radius 2 is 2.00 bits per heavy atom. The van der Waals surface area contributed by atoms with Crippen LogP contribution in [0.2, 0.25) is 0 Å². The third-order valence-corrected chi connectivity index (χ3v) is 5.15. The number of carbonyl (C=O) groups excluding carboxylic acids is 1. The van der Waals surface area contributed by atoms with Crippen molar-refractivity contribution in [3.05, 3.63) is 39.9 Å². The number of non-ortho nitro benzene ring substituents is 1. The molecule has 0 unspecified atom stereocenters. The van der Waals surface area contributed by atoms with E-state index >= 15 is 0 Å². The molecule has 0 radical (unpaired) electrons. The molecule has 2 saturated heterocycles. The Bertz CT molecular complexity index is 586. The first-order chi connectivity index (χ1) is 10.5. The first kappa shape index (κ1) is 15.1. The largest absolute Gasteiger partial charge is 0.388 e. The normalized spacial score (nSPS) is 30.1. The molecule has 2 aliphatic rings. The molecule has 6 heteroatoms. The van der Waals surface area contributed by atoms with E-state index in [1.807, 2.05) is 7.05 Å². The van der Waals surface area contributed by atoms with Gasteiger partial charge in [-0.25, -0.2) is 0 Å². The standard InChI is InChI=1S/C16H20N2O4/c1-17-12-3-2-4-13(17)15(14(19)9-12)16(20)10-5-7-11(8-6-10)18(21)22/h5-8,12-13,15-16,20H,2-4,9H2,1H3/t12-,13+,15+,16-/m0/s1. The van der Waals surface area contributed by atoms with Gasteiger partial charge in [0.1, 0.15) is 5.78 Å². The Balaban J connectivity index is 1.85. The predicted molar refractivity (Wildman–Crippen MR) is 80.4 cm³/mol. The average Bonchev–Trinajstić information content (AvgIpc) is 2.49. The van der Waals surface area contributed by atoms with Crippen LogP contribution in [0.15, 0.2) is 24.3 Å². The fraction of sp³-hybridized carbons (Fsp3) is 0.562. The van der Waals surface area contributed by atoms with Crippen molar-refractivity contribution in [1.29, 1.82) is 0 Å². The zero-order valence-corrected chi connectivity index (χ0v) is 12.5. The number of hydrogen-bond acceptors (Lipinski definition) is 5. The molecule has 0 aromatic heterocycles. The van der Waals surface area contributed by atoms with E-state index in [2.05, 4.69) is 4.90 Å². The number of Topliss-reactive ketones (excluding diaryl/α,β-unsaturated/α-hetero) is 1. The smallest absolute Gasteiger partial charge is 0.269 e. The van der Waals surface area contributed by atoms with Gasteiger partial charge in [0.15, 0.2) is 0 Å². The van der Waals surface area contributed by atoms with Crippen LogP contribution in [0, 0.1) is 16.0 Å². The van der Waals surface area contributed by atoms with Crippen molar-refractivity contribution in [3.63, 3.8) is 0 Å². The Kier molecular flexibility index (Phi) is 3.97. The molecule has 3 rings (SSSR count). The minimum Gasteiger partial charge on any atom is -0.388 e. The number of rotatable bonds is 3. The first-order valence-electron chi connectivity index (χ1n) is 7.66. The summed E-state index contributed by atoms with van der Waals surface area (Å²) in [5.41, 5.74) is 0.558. The lowest BCUT2D eigenvalue weighted by molar-refractivity contribution is -0.384. The van der Waals surface area contributed by atoms with Gasteiger partial charge in [0.05, 0.1) is 16.9 Å². The van der Waals surface area contributed by atoms with Gasteiger partial charge in [-0.3, -0.25) is 19.8 Å². The number of nitrogens with zero attached hydrogens (tertiary/aromatic N) is 2. The van der Waals surface area contributed by atoms with Crippen LogP contribution in [0.3, 0.4) is 0 Å². The van der Waals surface area contributed by atoms with Gasteiger partial charge >= 0.3 is 0 Å². The number of aliphatic hydroxyl groups is 1. The van der Waals surface area contributed by atoms with Gasteiger partial charge < -0.3 is 5.11 Å². The van der Waals surface area contributed by atoms with Crippen LogP contribution >= 0.6 is 0 Å². The Labute approximate surface area is 128 Å². The maximum absolute atomic E-state index is 12.4. The van der Waals surface area contributed by atoms with Gasteiger partial charge in [-0.15, -0.1) is 0 Å². The van der Waals surface area contributed by atoms with Crippen LogP contribution in [0.1, 0.15) is 37.4 Å². The molecule has 2 bridgehead atoms. The molecule has 22 heavy (non-hydrogen) atoms. The lowest BCUT2D eigenvalue weighted by Gasteiger charge is -2.48. The molecule has 2 fully saturated rings. The van der Waals surface area contributed by atoms with E-state index in [1.165, 1.54) is 12.1 Å². The van der Waals surface area contributed by atoms with Crippen molar-refractivity contribution >= 4 is 11.5 Å². The summed E-state index contributed by atoms with van der Waals surface area (Å²) < 4.78 is 0. The van der Waals surface area contributed by atoms with Crippen LogP contribution < -0.4 is 0 Å². The molecule has 2 heterocycles. The minimum atomic E-state index is -0.903. The van der Waals surface area contributed by atoms with E-state index in [1.54, 1.807) is 12.1 Å². The van der Waals surface area contributed by atoms with Gasteiger partial charge in [0.2, 0.25) is 0 Å². The molecule has 2 aliphatic heterocycles. The highest BCUT2D eigenvalue weighted by atomic mass is 16.6. The van der Waals surface area contributed by atoms with Crippen LogP contribution in [-0.2, 0) is 4.79 Å². The lowest BCUT2D eigenvalue weighted by atomic mass is 9.73. The van der Waals surface area contributed by atoms with E-state index in [0.29, 0.717) is 18.0 Å². The highest BCUT2D eigenvalue weighted by Gasteiger charge is 2.45. The quantitative estimate of drug-likeness (QED) is 0.682. The number of nitro benzene ring substituents is 1. The molecular formula is C16H20N2O4. The van der Waals surface area contributed by atoms with E-state index in [4.69, 9.17) is 0 Å². The fourth-order valence-electron chi connectivity index (χ4n) is 3.89. The molecule has 4 atom stereocenters. The van der Waals surface area contributed by atoms with Crippen molar-refractivity contribution in [1.82, 2.24) is 4.90 Å². The molecule has 1 aromatic carbocycles. The highest BCUT2D eigenvalue weighted by Crippen LogP contribution is 2.40. The number of piperidine rings is 2. The summed E-state index contributed by atoms with van der Waals surface area (Å²) in [5, 5.41) is 21.4. The van der Waals surface area contributed by atoms with Crippen molar-refractivity contribution in [2.45, 2.75) is 43.9 Å². The molecule has 6 nitrogen and oxygen atoms in total. The number of ketones is 1. The summed E-state index contributed by atoms with van der Waals surface area (Å²) in [6.45, 7) is 0. The molecule has 118 valence electrons. The van der Waals surface area contributed by atoms with E-state index in [0.717, 1.165) is 19.3 Å². The fourth-order valence-corrected chi connectivity index (χ4v) is 3.89. The summed E-state index contributed by atoms with van der Waals surface area (Å²) in [7, 11) is 2.02. The van der Waals surface area contributed by atoms with Crippen LogP contribution in [0.4, 0.5) is 5.69 Å². The third-order valence-electron chi connectivity index (χ3n) is 5.15. The number of nitro groups is 1. The average molecular weight is 304 g/mol. The highest BCUT2D eigenvalue weighted by molar-refractivity contribution is 5.84. The number of fused-ring (bicyclic) bond motifs is 2. The summed E-state index contributed by atoms with van der Waals surface area (Å²) in [6.07, 6.45) is 2.62. The number of benzene rings is 1. The first-order valence-corrected chi connectivity index (χ1v) is 7.66. The molecular weight excluding hydrogens is 284 g/mol. The molecule has 0 aliphatic carbocycles. The maximum Gasteiger partial charge on any atom is 0.269 e. The van der Waals surface area contributed by atoms with E-state index < -0.39 is 16.9 Å². The third kappa shape index (κ3) is 2.53. The molecule has 1 aromatic rings. The second-order valence-electron chi connectivity index (χ2n) is 6.31. The van der Waals surface area contributed by atoms with Gasteiger partial charge in [0.25, 0.3) is 5.69 Å². The van der Waals surface area contributed by atoms with Crippen molar-refractivity contribution in [2.24, 2.45) is 5.92 Å². The second kappa shape index (κ2) is 5.78. The number of aliphatic hydroxyl groups excluding tert-OH is 1. The lowest BCUT2D eigenvalue weighted by Crippen LogP contribution is -2.56. The summed E-state index contributed by atoms with van der Waals surface area (Å²) in [5.74, 6) is -0.332. The van der Waals surface area contributed by atoms with Gasteiger partial charge in [-0.05, 0) is 37.6 Å². The van der Waals surface area contributed by atoms with E-state index in [9.17, 15) is 20.0 Å². The van der Waals surface area contributed by atoms with Crippen LogP contribution in [0.25, 0.3) is 0 Å². The predicted octanol–water partition coefficient (Wildman–Crippen LogP) is 2.07. The van der Waals surface area contributed by atoms with Crippen LogP contribution in [0.5, 0.6) is 0 Å². The van der Waals surface area contributed by atoms with Crippen LogP contribution in [-0.4, -0.2) is 39.8 Å². The number of carbonyl (C=O) groups is 1. The van der Waals surface area contributed by atoms with Gasteiger partial charge in [-0.1, -0.05) is 6.42 Å². The Hall–Kier alpha value is -1.79. The molecule has 1 N–H and O–H groups in total. The molecule has 0 spiro atoms. The summed E-state index contributed by atoms with van der Waals surface area (Å²) in [6, 6.07) is 6.20. The Morgan fingerprint density at radius 1 is 1.32 bits per heavy atom. The van der Waals surface area contributed by atoms with Gasteiger partial charge in [0, 0.05) is 30.6 Å². The zero-order chi connectivity index (χ0) is 15.9. The van der Waals surface area contributed by atoms with E-state index in [-0.39, 0.29) is 17.5 Å².